The maximum absolute atomic E-state index is 5.47. The van der Waals surface area contributed by atoms with Crippen molar-refractivity contribution in [3.8, 4) is 5.75 Å². The Kier molecular flexibility index (Phi) is 3.76. The van der Waals surface area contributed by atoms with Gasteiger partial charge in [-0.05, 0) is 55.5 Å². The summed E-state index contributed by atoms with van der Waals surface area (Å²) >= 11 is 0. The van der Waals surface area contributed by atoms with Gasteiger partial charge in [0.2, 0.25) is 0 Å². The highest BCUT2D eigenvalue weighted by molar-refractivity contribution is 5.44. The van der Waals surface area contributed by atoms with Crippen LogP contribution in [0.3, 0.4) is 0 Å². The summed E-state index contributed by atoms with van der Waals surface area (Å²) in [5, 5.41) is 3.65. The summed E-state index contributed by atoms with van der Waals surface area (Å²) in [6.45, 7) is 2.46. The van der Waals surface area contributed by atoms with Gasteiger partial charge in [0.1, 0.15) is 5.75 Å². The number of hydrogen-bond acceptors (Lipinski definition) is 2. The Balaban J connectivity index is 2.10. The smallest absolute Gasteiger partial charge is 0.119 e. The van der Waals surface area contributed by atoms with Crippen LogP contribution in [0.15, 0.2) is 18.2 Å². The zero-order chi connectivity index (χ0) is 14.2. The molecule has 0 aliphatic heterocycles. The van der Waals surface area contributed by atoms with E-state index in [1.807, 2.05) is 0 Å². The summed E-state index contributed by atoms with van der Waals surface area (Å²) in [6, 6.07) is 7.31. The third-order valence-electron chi connectivity index (χ3n) is 5.65. The minimum Gasteiger partial charge on any atom is -0.497 e. The monoisotopic (exact) mass is 273 g/mol. The molecule has 3 atom stereocenters. The van der Waals surface area contributed by atoms with Crippen LogP contribution < -0.4 is 10.1 Å². The number of ether oxygens (including phenoxy) is 1. The van der Waals surface area contributed by atoms with E-state index in [0.717, 1.165) is 11.7 Å². The molecule has 2 nitrogen and oxygen atoms in total. The molecule has 1 unspecified atom stereocenters. The SMILES string of the molecule is CN[C@@H]1C2CCCCC[C@]1(C)c1cc(OC)ccc1C2. The molecule has 1 saturated carbocycles. The maximum Gasteiger partial charge on any atom is 0.119 e. The third-order valence-corrected chi connectivity index (χ3v) is 5.65. The van der Waals surface area contributed by atoms with E-state index in [2.05, 4.69) is 37.5 Å². The summed E-state index contributed by atoms with van der Waals surface area (Å²) in [4.78, 5) is 0. The summed E-state index contributed by atoms with van der Waals surface area (Å²) in [6.07, 6.45) is 8.01. The van der Waals surface area contributed by atoms with Crippen molar-refractivity contribution in [1.82, 2.24) is 5.32 Å². The largest absolute Gasteiger partial charge is 0.497 e. The molecular formula is C18H27NO. The third kappa shape index (κ3) is 2.14. The molecule has 1 fully saturated rings. The molecule has 0 aromatic heterocycles. The van der Waals surface area contributed by atoms with Gasteiger partial charge in [0.15, 0.2) is 0 Å². The predicted molar refractivity (Wildman–Crippen MR) is 83.5 cm³/mol. The van der Waals surface area contributed by atoms with E-state index in [0.29, 0.717) is 6.04 Å². The molecule has 2 heteroatoms. The van der Waals surface area contributed by atoms with Crippen molar-refractivity contribution in [1.29, 1.82) is 0 Å². The van der Waals surface area contributed by atoms with E-state index in [1.54, 1.807) is 12.7 Å². The summed E-state index contributed by atoms with van der Waals surface area (Å²) in [5.41, 5.74) is 3.32. The van der Waals surface area contributed by atoms with Crippen LogP contribution >= 0.6 is 0 Å². The standard InChI is InChI=1S/C18H27NO/c1-18-10-6-4-5-7-14(17(18)19-2)11-13-8-9-15(20-3)12-16(13)18/h8-9,12,14,17,19H,4-7,10-11H2,1-3H3/t14?,17-,18-/m1/s1. The van der Waals surface area contributed by atoms with Gasteiger partial charge in [-0.25, -0.2) is 0 Å². The molecule has 0 saturated heterocycles. The Bertz CT molecular complexity index is 484. The second-order valence-electron chi connectivity index (χ2n) is 6.77. The molecule has 20 heavy (non-hydrogen) atoms. The van der Waals surface area contributed by atoms with Crippen molar-refractivity contribution in [2.75, 3.05) is 14.2 Å². The van der Waals surface area contributed by atoms with Gasteiger partial charge in [-0.15, -0.1) is 0 Å². The van der Waals surface area contributed by atoms with Crippen molar-refractivity contribution < 1.29 is 4.74 Å². The van der Waals surface area contributed by atoms with Gasteiger partial charge in [0.05, 0.1) is 7.11 Å². The van der Waals surface area contributed by atoms with Crippen LogP contribution in [-0.2, 0) is 11.8 Å². The number of nitrogens with one attached hydrogen (secondary N) is 1. The number of hydrogen-bond donors (Lipinski definition) is 1. The minimum atomic E-state index is 0.252. The van der Waals surface area contributed by atoms with E-state index in [-0.39, 0.29) is 5.41 Å². The number of benzene rings is 1. The van der Waals surface area contributed by atoms with Crippen molar-refractivity contribution in [2.45, 2.75) is 56.9 Å². The second kappa shape index (κ2) is 5.40. The number of rotatable bonds is 2. The van der Waals surface area contributed by atoms with Gasteiger partial charge in [-0.1, -0.05) is 32.3 Å². The first-order valence-corrected chi connectivity index (χ1v) is 8.03. The first kappa shape index (κ1) is 13.9. The van der Waals surface area contributed by atoms with E-state index in [4.69, 9.17) is 4.74 Å². The molecule has 110 valence electrons. The maximum atomic E-state index is 5.47. The van der Waals surface area contributed by atoms with Crippen LogP contribution in [0.1, 0.15) is 50.2 Å². The second-order valence-corrected chi connectivity index (χ2v) is 6.77. The summed E-state index contributed by atoms with van der Waals surface area (Å²) in [5.74, 6) is 1.78. The molecule has 1 aromatic rings. The van der Waals surface area contributed by atoms with Gasteiger partial charge >= 0.3 is 0 Å². The van der Waals surface area contributed by atoms with Crippen LogP contribution in [-0.4, -0.2) is 20.2 Å². The highest BCUT2D eigenvalue weighted by atomic mass is 16.5. The lowest BCUT2D eigenvalue weighted by atomic mass is 9.59. The Hall–Kier alpha value is -1.02. The molecule has 0 amide bonds. The highest BCUT2D eigenvalue weighted by Gasteiger charge is 2.44. The quantitative estimate of drug-likeness (QED) is 0.887. The van der Waals surface area contributed by atoms with E-state index >= 15 is 0 Å². The molecule has 0 spiro atoms. The van der Waals surface area contributed by atoms with E-state index in [9.17, 15) is 0 Å². The van der Waals surface area contributed by atoms with Crippen LogP contribution in [0.5, 0.6) is 5.75 Å². The van der Waals surface area contributed by atoms with Gasteiger partial charge in [0.25, 0.3) is 0 Å². The molecule has 2 aliphatic carbocycles. The fraction of sp³-hybridized carbons (Fsp3) is 0.667. The Labute approximate surface area is 122 Å². The molecule has 2 aliphatic rings. The molecule has 0 radical (unpaired) electrons. The normalized spacial score (nSPS) is 33.0. The fourth-order valence-corrected chi connectivity index (χ4v) is 4.67. The Morgan fingerprint density at radius 1 is 1.25 bits per heavy atom. The first-order valence-electron chi connectivity index (χ1n) is 8.03. The van der Waals surface area contributed by atoms with Gasteiger partial charge in [-0.2, -0.15) is 0 Å². The number of fused-ring (bicyclic) bond motifs is 4. The van der Waals surface area contributed by atoms with Crippen LogP contribution in [0.4, 0.5) is 0 Å². The van der Waals surface area contributed by atoms with Gasteiger partial charge in [-0.3, -0.25) is 0 Å². The van der Waals surface area contributed by atoms with Crippen LogP contribution in [0.25, 0.3) is 0 Å². The van der Waals surface area contributed by atoms with E-state index < -0.39 is 0 Å². The van der Waals surface area contributed by atoms with Crippen molar-refractivity contribution >= 4 is 0 Å². The predicted octanol–water partition coefficient (Wildman–Crippen LogP) is 3.68. The lowest BCUT2D eigenvalue weighted by molar-refractivity contribution is 0.174. The topological polar surface area (TPSA) is 21.3 Å². The molecule has 1 aromatic carbocycles. The number of likely N-dealkylation sites (N-methyl/N-ethyl adjacent to an activating group) is 1. The molecule has 3 rings (SSSR count). The first-order chi connectivity index (χ1) is 9.69. The fourth-order valence-electron chi connectivity index (χ4n) is 4.67. The molecule has 0 heterocycles. The zero-order valence-electron chi connectivity index (χ0n) is 13.0. The van der Waals surface area contributed by atoms with Crippen molar-refractivity contribution in [2.24, 2.45) is 5.92 Å². The van der Waals surface area contributed by atoms with Crippen molar-refractivity contribution in [3.05, 3.63) is 29.3 Å². The van der Waals surface area contributed by atoms with Crippen molar-refractivity contribution in [3.63, 3.8) is 0 Å². The average Bonchev–Trinajstić information content (AvgIpc) is 2.45. The summed E-state index contributed by atoms with van der Waals surface area (Å²) in [7, 11) is 3.91. The molecule has 1 N–H and O–H groups in total. The zero-order valence-corrected chi connectivity index (χ0v) is 13.0. The minimum absolute atomic E-state index is 0.252. The van der Waals surface area contributed by atoms with Crippen LogP contribution in [0, 0.1) is 5.92 Å². The Morgan fingerprint density at radius 2 is 2.10 bits per heavy atom. The highest BCUT2D eigenvalue weighted by Crippen LogP contribution is 2.47. The lowest BCUT2D eigenvalue weighted by Crippen LogP contribution is -2.54. The van der Waals surface area contributed by atoms with Crippen LogP contribution in [0.2, 0.25) is 0 Å². The van der Waals surface area contributed by atoms with E-state index in [1.165, 1.54) is 44.1 Å². The average molecular weight is 273 g/mol. The Morgan fingerprint density at radius 3 is 2.85 bits per heavy atom. The summed E-state index contributed by atoms with van der Waals surface area (Å²) < 4.78 is 5.47. The number of methoxy groups -OCH3 is 1. The van der Waals surface area contributed by atoms with Gasteiger partial charge in [0, 0.05) is 11.5 Å². The molecular weight excluding hydrogens is 246 g/mol. The lowest BCUT2D eigenvalue weighted by Gasteiger charge is -2.49. The molecule has 2 bridgehead atoms. The van der Waals surface area contributed by atoms with Gasteiger partial charge < -0.3 is 10.1 Å².